The molecule has 0 atom stereocenters. The molecule has 0 bridgehead atoms. The molecule has 0 aliphatic heterocycles. The van der Waals surface area contributed by atoms with Gasteiger partial charge in [0.1, 0.15) is 18.0 Å². The van der Waals surface area contributed by atoms with Crippen LogP contribution in [-0.4, -0.2) is 18.2 Å². The fourth-order valence-corrected chi connectivity index (χ4v) is 2.27. The molecule has 2 aromatic carbocycles. The zero-order valence-electron chi connectivity index (χ0n) is 11.5. The van der Waals surface area contributed by atoms with Gasteiger partial charge in [0, 0.05) is 5.39 Å². The number of carbonyl (C=O) groups is 1. The second kappa shape index (κ2) is 5.42. The van der Waals surface area contributed by atoms with Gasteiger partial charge in [-0.25, -0.2) is 4.79 Å². The second-order valence-corrected chi connectivity index (χ2v) is 4.69. The molecule has 21 heavy (non-hydrogen) atoms. The van der Waals surface area contributed by atoms with Crippen LogP contribution in [0.3, 0.4) is 0 Å². The van der Waals surface area contributed by atoms with Crippen molar-refractivity contribution in [1.82, 2.24) is 0 Å². The number of rotatable bonds is 3. The summed E-state index contributed by atoms with van der Waals surface area (Å²) in [5.74, 6) is 0.197. The van der Waals surface area contributed by atoms with Crippen molar-refractivity contribution >= 4 is 16.9 Å². The van der Waals surface area contributed by atoms with E-state index in [0.717, 1.165) is 22.1 Å². The van der Waals surface area contributed by atoms with Crippen LogP contribution in [0.5, 0.6) is 0 Å². The number of hydrogen-bond acceptors (Lipinski definition) is 4. The van der Waals surface area contributed by atoms with Crippen LogP contribution < -0.4 is 0 Å². The molecule has 3 rings (SSSR count). The molecule has 1 heterocycles. The molecule has 0 radical (unpaired) electrons. The number of methoxy groups -OCH3 is 1. The van der Waals surface area contributed by atoms with E-state index in [0.29, 0.717) is 11.3 Å². The molecule has 0 amide bonds. The average molecular weight is 282 g/mol. The zero-order chi connectivity index (χ0) is 14.8. The number of benzene rings is 2. The lowest BCUT2D eigenvalue weighted by molar-refractivity contribution is 0.0601. The first-order valence-electron chi connectivity index (χ1n) is 6.53. The SMILES string of the molecule is COC(=O)c1ccc(-c2ccc3oc(CO)cc3c2)cc1. The minimum Gasteiger partial charge on any atom is -0.465 e. The standard InChI is InChI=1S/C17H14O4/c1-20-17(19)12-4-2-11(3-5-12)13-6-7-16-14(8-13)9-15(10-18)21-16/h2-9,18H,10H2,1H3. The van der Waals surface area contributed by atoms with Gasteiger partial charge in [-0.05, 0) is 41.5 Å². The molecular weight excluding hydrogens is 268 g/mol. The first-order chi connectivity index (χ1) is 10.2. The summed E-state index contributed by atoms with van der Waals surface area (Å²) in [5, 5.41) is 10.0. The van der Waals surface area contributed by atoms with Crippen LogP contribution in [0, 0.1) is 0 Å². The first kappa shape index (κ1) is 13.4. The predicted molar refractivity (Wildman–Crippen MR) is 78.9 cm³/mol. The molecule has 4 nitrogen and oxygen atoms in total. The van der Waals surface area contributed by atoms with Crippen LogP contribution in [0.25, 0.3) is 22.1 Å². The van der Waals surface area contributed by atoms with Crippen molar-refractivity contribution in [2.24, 2.45) is 0 Å². The molecule has 0 saturated heterocycles. The average Bonchev–Trinajstić information content (AvgIpc) is 2.96. The van der Waals surface area contributed by atoms with E-state index in [1.165, 1.54) is 7.11 Å². The molecule has 1 N–H and O–H groups in total. The Hall–Kier alpha value is -2.59. The Morgan fingerprint density at radius 1 is 1.10 bits per heavy atom. The van der Waals surface area contributed by atoms with E-state index in [4.69, 9.17) is 9.52 Å². The molecule has 0 fully saturated rings. The largest absolute Gasteiger partial charge is 0.465 e. The Bertz CT molecular complexity index is 784. The number of hydrogen-bond donors (Lipinski definition) is 1. The highest BCUT2D eigenvalue weighted by atomic mass is 16.5. The summed E-state index contributed by atoms with van der Waals surface area (Å²) in [6, 6.07) is 14.9. The number of fused-ring (bicyclic) bond motifs is 1. The van der Waals surface area contributed by atoms with Crippen molar-refractivity contribution in [3.8, 4) is 11.1 Å². The van der Waals surface area contributed by atoms with Crippen LogP contribution in [0.15, 0.2) is 52.9 Å². The molecule has 0 unspecified atom stereocenters. The predicted octanol–water partition coefficient (Wildman–Crippen LogP) is 3.38. The van der Waals surface area contributed by atoms with E-state index >= 15 is 0 Å². The summed E-state index contributed by atoms with van der Waals surface area (Å²) in [7, 11) is 1.36. The number of furan rings is 1. The normalized spacial score (nSPS) is 10.8. The van der Waals surface area contributed by atoms with Gasteiger partial charge in [0.05, 0.1) is 12.7 Å². The van der Waals surface area contributed by atoms with Crippen LogP contribution in [0.4, 0.5) is 0 Å². The third-order valence-electron chi connectivity index (χ3n) is 3.36. The summed E-state index contributed by atoms with van der Waals surface area (Å²) >= 11 is 0. The lowest BCUT2D eigenvalue weighted by Crippen LogP contribution is -2.00. The molecule has 106 valence electrons. The highest BCUT2D eigenvalue weighted by Gasteiger charge is 2.07. The molecule has 3 aromatic rings. The third-order valence-corrected chi connectivity index (χ3v) is 3.36. The number of ether oxygens (including phenoxy) is 1. The van der Waals surface area contributed by atoms with Gasteiger partial charge in [0.2, 0.25) is 0 Å². The molecule has 0 saturated carbocycles. The fraction of sp³-hybridized carbons (Fsp3) is 0.118. The van der Waals surface area contributed by atoms with Crippen molar-refractivity contribution in [3.05, 3.63) is 59.9 Å². The second-order valence-electron chi connectivity index (χ2n) is 4.69. The number of aliphatic hydroxyl groups is 1. The maximum Gasteiger partial charge on any atom is 0.337 e. The smallest absolute Gasteiger partial charge is 0.337 e. The van der Waals surface area contributed by atoms with Gasteiger partial charge >= 0.3 is 5.97 Å². The Morgan fingerprint density at radius 2 is 1.81 bits per heavy atom. The topological polar surface area (TPSA) is 59.7 Å². The van der Waals surface area contributed by atoms with E-state index in [1.54, 1.807) is 12.1 Å². The summed E-state index contributed by atoms with van der Waals surface area (Å²) in [4.78, 5) is 11.4. The molecular formula is C17H14O4. The minimum absolute atomic E-state index is 0.113. The van der Waals surface area contributed by atoms with E-state index in [-0.39, 0.29) is 12.6 Å². The maximum absolute atomic E-state index is 11.4. The van der Waals surface area contributed by atoms with Gasteiger partial charge in [0.15, 0.2) is 0 Å². The Morgan fingerprint density at radius 3 is 2.48 bits per heavy atom. The van der Waals surface area contributed by atoms with Crippen molar-refractivity contribution in [3.63, 3.8) is 0 Å². The van der Waals surface area contributed by atoms with Gasteiger partial charge in [-0.15, -0.1) is 0 Å². The van der Waals surface area contributed by atoms with Gasteiger partial charge in [-0.3, -0.25) is 0 Å². The summed E-state index contributed by atoms with van der Waals surface area (Å²) in [6.07, 6.45) is 0. The van der Waals surface area contributed by atoms with Gasteiger partial charge in [0.25, 0.3) is 0 Å². The third kappa shape index (κ3) is 2.53. The molecule has 4 heteroatoms. The quantitative estimate of drug-likeness (QED) is 0.748. The van der Waals surface area contributed by atoms with Crippen LogP contribution in [-0.2, 0) is 11.3 Å². The number of esters is 1. The summed E-state index contributed by atoms with van der Waals surface area (Å²) in [5.41, 5.74) is 3.28. The van der Waals surface area contributed by atoms with Gasteiger partial charge < -0.3 is 14.3 Å². The van der Waals surface area contributed by atoms with Crippen LogP contribution in [0.2, 0.25) is 0 Å². The lowest BCUT2D eigenvalue weighted by Gasteiger charge is -2.03. The van der Waals surface area contributed by atoms with Crippen molar-refractivity contribution < 1.29 is 19.1 Å². The van der Waals surface area contributed by atoms with Gasteiger partial charge in [-0.2, -0.15) is 0 Å². The van der Waals surface area contributed by atoms with E-state index < -0.39 is 0 Å². The van der Waals surface area contributed by atoms with Crippen molar-refractivity contribution in [1.29, 1.82) is 0 Å². The summed E-state index contributed by atoms with van der Waals surface area (Å²) in [6.45, 7) is -0.113. The summed E-state index contributed by atoms with van der Waals surface area (Å²) < 4.78 is 10.1. The molecule has 0 aliphatic rings. The Labute approximate surface area is 121 Å². The van der Waals surface area contributed by atoms with Crippen molar-refractivity contribution in [2.75, 3.05) is 7.11 Å². The van der Waals surface area contributed by atoms with Crippen molar-refractivity contribution in [2.45, 2.75) is 6.61 Å². The Kier molecular flexibility index (Phi) is 3.46. The van der Waals surface area contributed by atoms with Gasteiger partial charge in [-0.1, -0.05) is 18.2 Å². The van der Waals surface area contributed by atoms with E-state index in [9.17, 15) is 4.79 Å². The maximum atomic E-state index is 11.4. The fourth-order valence-electron chi connectivity index (χ4n) is 2.27. The Balaban J connectivity index is 1.97. The van der Waals surface area contributed by atoms with E-state index in [1.807, 2.05) is 36.4 Å². The van der Waals surface area contributed by atoms with E-state index in [2.05, 4.69) is 4.74 Å². The monoisotopic (exact) mass is 282 g/mol. The molecule has 0 spiro atoms. The highest BCUT2D eigenvalue weighted by Crippen LogP contribution is 2.27. The minimum atomic E-state index is -0.348. The highest BCUT2D eigenvalue weighted by molar-refractivity contribution is 5.90. The molecule has 0 aliphatic carbocycles. The van der Waals surface area contributed by atoms with Crippen LogP contribution >= 0.6 is 0 Å². The first-order valence-corrected chi connectivity index (χ1v) is 6.53. The number of aliphatic hydroxyl groups excluding tert-OH is 1. The van der Waals surface area contributed by atoms with Crippen LogP contribution in [0.1, 0.15) is 16.1 Å². The molecule has 1 aromatic heterocycles. The zero-order valence-corrected chi connectivity index (χ0v) is 11.5. The number of carbonyl (C=O) groups excluding carboxylic acids is 1. The lowest BCUT2D eigenvalue weighted by atomic mass is 10.0.